The Labute approximate surface area is 130 Å². The zero-order valence-electron chi connectivity index (χ0n) is 12.5. The van der Waals surface area contributed by atoms with Crippen LogP contribution in [0, 0.1) is 0 Å². The van der Waals surface area contributed by atoms with Gasteiger partial charge in [0.2, 0.25) is 0 Å². The lowest BCUT2D eigenvalue weighted by molar-refractivity contribution is 0.461. The summed E-state index contributed by atoms with van der Waals surface area (Å²) >= 11 is 1.58. The molecule has 5 heteroatoms. The fourth-order valence-electron chi connectivity index (χ4n) is 2.89. The van der Waals surface area contributed by atoms with E-state index in [4.69, 9.17) is 0 Å². The van der Waals surface area contributed by atoms with Gasteiger partial charge in [0.05, 0.1) is 11.3 Å². The predicted molar refractivity (Wildman–Crippen MR) is 90.0 cm³/mol. The molecule has 1 aromatic rings. The number of nitrogens with zero attached hydrogens (tertiary/aromatic N) is 3. The molecule has 0 unspecified atom stereocenters. The van der Waals surface area contributed by atoms with Crippen LogP contribution in [0.1, 0.15) is 50.5 Å². The highest BCUT2D eigenvalue weighted by atomic mass is 32.2. The van der Waals surface area contributed by atoms with E-state index in [0.717, 1.165) is 35.1 Å². The Kier molecular flexibility index (Phi) is 4.91. The number of aliphatic imine (C=N–C) groups is 1. The largest absolute Gasteiger partial charge is 0.367 e. The summed E-state index contributed by atoms with van der Waals surface area (Å²) in [5.41, 5.74) is 2.04. The average Bonchev–Trinajstić information content (AvgIpc) is 2.56. The van der Waals surface area contributed by atoms with Crippen molar-refractivity contribution in [2.75, 3.05) is 11.6 Å². The van der Waals surface area contributed by atoms with Gasteiger partial charge in [0.1, 0.15) is 5.82 Å². The zero-order valence-corrected chi connectivity index (χ0v) is 13.3. The molecule has 3 rings (SSSR count). The lowest BCUT2D eigenvalue weighted by Crippen LogP contribution is -2.23. The van der Waals surface area contributed by atoms with Crippen LogP contribution in [-0.2, 0) is 0 Å². The van der Waals surface area contributed by atoms with Gasteiger partial charge in [-0.15, -0.1) is 0 Å². The summed E-state index contributed by atoms with van der Waals surface area (Å²) in [7, 11) is 0. The van der Waals surface area contributed by atoms with E-state index in [9.17, 15) is 0 Å². The third-order valence-corrected chi connectivity index (χ3v) is 4.60. The van der Waals surface area contributed by atoms with E-state index < -0.39 is 0 Å². The molecule has 0 amide bonds. The van der Waals surface area contributed by atoms with Crippen LogP contribution >= 0.6 is 11.8 Å². The molecule has 1 aliphatic heterocycles. The lowest BCUT2D eigenvalue weighted by atomic mass is 9.95. The highest BCUT2D eigenvalue weighted by Crippen LogP contribution is 2.29. The molecule has 0 spiro atoms. The van der Waals surface area contributed by atoms with Crippen LogP contribution in [0.5, 0.6) is 0 Å². The molecule has 112 valence electrons. The third-order valence-electron chi connectivity index (χ3n) is 4.04. The smallest absolute Gasteiger partial charge is 0.189 e. The monoisotopic (exact) mass is 302 g/mol. The number of allylic oxidation sites excluding steroid dienone is 1. The van der Waals surface area contributed by atoms with Gasteiger partial charge in [-0.2, -0.15) is 0 Å². The quantitative estimate of drug-likeness (QED) is 0.670. The van der Waals surface area contributed by atoms with Gasteiger partial charge < -0.3 is 5.32 Å². The molecule has 0 radical (unpaired) electrons. The van der Waals surface area contributed by atoms with Gasteiger partial charge in [0, 0.05) is 18.5 Å². The Morgan fingerprint density at radius 2 is 2.05 bits per heavy atom. The normalized spacial score (nSPS) is 19.4. The van der Waals surface area contributed by atoms with E-state index >= 15 is 0 Å². The molecule has 1 aliphatic carbocycles. The first-order valence-electron chi connectivity index (χ1n) is 7.77. The molecule has 0 atom stereocenters. The van der Waals surface area contributed by atoms with E-state index in [1.165, 1.54) is 32.1 Å². The van der Waals surface area contributed by atoms with Crippen molar-refractivity contribution in [1.29, 1.82) is 0 Å². The van der Waals surface area contributed by atoms with Crippen molar-refractivity contribution in [1.82, 2.24) is 9.97 Å². The van der Waals surface area contributed by atoms with E-state index in [0.29, 0.717) is 6.04 Å². The van der Waals surface area contributed by atoms with Crippen molar-refractivity contribution < 1.29 is 0 Å². The molecule has 1 saturated carbocycles. The molecule has 2 aliphatic rings. The second kappa shape index (κ2) is 7.07. The Balaban J connectivity index is 1.87. The molecule has 1 aromatic heterocycles. The minimum Gasteiger partial charge on any atom is -0.367 e. The van der Waals surface area contributed by atoms with Gasteiger partial charge in [-0.1, -0.05) is 37.1 Å². The van der Waals surface area contributed by atoms with Crippen molar-refractivity contribution in [3.63, 3.8) is 0 Å². The number of thioether (sulfide) groups is 1. The molecule has 2 heterocycles. The Hall–Kier alpha value is -1.36. The number of anilines is 1. The molecule has 0 saturated heterocycles. The van der Waals surface area contributed by atoms with Gasteiger partial charge in [-0.05, 0) is 31.9 Å². The maximum atomic E-state index is 4.69. The summed E-state index contributed by atoms with van der Waals surface area (Å²) in [4.78, 5) is 13.6. The number of hydrogen-bond donors (Lipinski definition) is 1. The van der Waals surface area contributed by atoms with E-state index in [1.54, 1.807) is 11.8 Å². The molecule has 0 aromatic carbocycles. The molecular formula is C16H22N4S. The highest BCUT2D eigenvalue weighted by Gasteiger charge is 2.18. The minimum atomic E-state index is 0.537. The van der Waals surface area contributed by atoms with E-state index in [1.807, 2.05) is 18.7 Å². The van der Waals surface area contributed by atoms with Crippen molar-refractivity contribution in [3.05, 3.63) is 17.8 Å². The first kappa shape index (κ1) is 14.6. The first-order valence-corrected chi connectivity index (χ1v) is 9.00. The van der Waals surface area contributed by atoms with Crippen LogP contribution in [0.2, 0.25) is 0 Å². The number of hydrogen-bond acceptors (Lipinski definition) is 5. The van der Waals surface area contributed by atoms with Gasteiger partial charge in [0.25, 0.3) is 0 Å². The van der Waals surface area contributed by atoms with Gasteiger partial charge >= 0.3 is 0 Å². The molecule has 21 heavy (non-hydrogen) atoms. The Bertz CT molecular complexity index is 547. The lowest BCUT2D eigenvalue weighted by Gasteiger charge is -2.24. The third kappa shape index (κ3) is 3.64. The molecular weight excluding hydrogens is 280 g/mol. The summed E-state index contributed by atoms with van der Waals surface area (Å²) in [6, 6.07) is 0.537. The van der Waals surface area contributed by atoms with Gasteiger partial charge in [0.15, 0.2) is 5.16 Å². The van der Waals surface area contributed by atoms with Crippen LogP contribution in [0.3, 0.4) is 0 Å². The predicted octanol–water partition coefficient (Wildman–Crippen LogP) is 4.15. The summed E-state index contributed by atoms with van der Waals surface area (Å²) in [5.74, 6) is 0.951. The fraction of sp³-hybridized carbons (Fsp3) is 0.562. The molecule has 1 fully saturated rings. The number of nitrogens with one attached hydrogen (secondary N) is 1. The maximum Gasteiger partial charge on any atom is 0.189 e. The van der Waals surface area contributed by atoms with Crippen molar-refractivity contribution in [2.24, 2.45) is 4.99 Å². The average molecular weight is 302 g/mol. The molecule has 4 nitrogen and oxygen atoms in total. The zero-order chi connectivity index (χ0) is 14.5. The SMILES string of the molecule is CSc1ncc(C2=CCCC=N2)c(NC2CCCCC2)n1. The second-order valence-corrected chi connectivity index (χ2v) is 6.35. The number of aromatic nitrogens is 2. The maximum absolute atomic E-state index is 4.69. The second-order valence-electron chi connectivity index (χ2n) is 5.58. The molecule has 1 N–H and O–H groups in total. The van der Waals surface area contributed by atoms with E-state index in [2.05, 4.69) is 26.4 Å². The number of rotatable bonds is 4. The Morgan fingerprint density at radius 3 is 2.76 bits per heavy atom. The van der Waals surface area contributed by atoms with Crippen LogP contribution < -0.4 is 5.32 Å². The first-order chi connectivity index (χ1) is 10.4. The van der Waals surface area contributed by atoms with Crippen molar-refractivity contribution >= 4 is 29.5 Å². The fourth-order valence-corrected chi connectivity index (χ4v) is 3.23. The topological polar surface area (TPSA) is 50.2 Å². The summed E-state index contributed by atoms with van der Waals surface area (Å²) in [6.07, 6.45) is 16.6. The summed E-state index contributed by atoms with van der Waals surface area (Å²) in [6.45, 7) is 0. The standard InChI is InChI=1S/C16H22N4S/c1-21-16-18-11-13(14-9-5-6-10-17-14)15(20-16)19-12-7-3-2-4-8-12/h9-12H,2-8H2,1H3,(H,18,19,20). The van der Waals surface area contributed by atoms with Crippen molar-refractivity contribution in [2.45, 2.75) is 56.1 Å². The summed E-state index contributed by atoms with van der Waals surface area (Å²) < 4.78 is 0. The van der Waals surface area contributed by atoms with Crippen LogP contribution in [-0.4, -0.2) is 28.5 Å². The summed E-state index contributed by atoms with van der Waals surface area (Å²) in [5, 5.41) is 4.46. The minimum absolute atomic E-state index is 0.537. The van der Waals surface area contributed by atoms with Gasteiger partial charge in [-0.25, -0.2) is 9.97 Å². The Morgan fingerprint density at radius 1 is 1.19 bits per heavy atom. The molecule has 0 bridgehead atoms. The van der Waals surface area contributed by atoms with Crippen LogP contribution in [0.25, 0.3) is 5.70 Å². The van der Waals surface area contributed by atoms with Crippen LogP contribution in [0.15, 0.2) is 22.4 Å². The van der Waals surface area contributed by atoms with E-state index in [-0.39, 0.29) is 0 Å². The van der Waals surface area contributed by atoms with Crippen LogP contribution in [0.4, 0.5) is 5.82 Å². The highest BCUT2D eigenvalue weighted by molar-refractivity contribution is 7.98. The van der Waals surface area contributed by atoms with Crippen molar-refractivity contribution in [3.8, 4) is 0 Å². The van der Waals surface area contributed by atoms with Gasteiger partial charge in [-0.3, -0.25) is 4.99 Å².